The number of piperazine rings is 1. The van der Waals surface area contributed by atoms with Crippen molar-refractivity contribution >= 4 is 22.8 Å². The van der Waals surface area contributed by atoms with Gasteiger partial charge in [0.05, 0.1) is 47.7 Å². The zero-order valence-electron chi connectivity index (χ0n) is 23.8. The van der Waals surface area contributed by atoms with Crippen LogP contribution in [-0.2, 0) is 24.9 Å². The molecule has 3 N–H and O–H groups in total. The number of aliphatic hydroxyl groups is 1. The number of hydrogen-bond acceptors (Lipinski definition) is 9. The van der Waals surface area contributed by atoms with E-state index in [4.69, 9.17) is 14.7 Å². The van der Waals surface area contributed by atoms with E-state index in [1.807, 2.05) is 26.1 Å². The summed E-state index contributed by atoms with van der Waals surface area (Å²) < 4.78 is 10.2. The molecule has 0 amide bonds. The van der Waals surface area contributed by atoms with E-state index in [0.29, 0.717) is 31.2 Å². The van der Waals surface area contributed by atoms with Crippen LogP contribution in [0.2, 0.25) is 0 Å². The molecule has 6 rings (SSSR count). The van der Waals surface area contributed by atoms with Crippen molar-refractivity contribution in [2.24, 2.45) is 7.05 Å². The highest BCUT2D eigenvalue weighted by molar-refractivity contribution is 5.80. The lowest BCUT2D eigenvalue weighted by molar-refractivity contribution is 0.0624. The number of hydrogen-bond donors (Lipinski definition) is 3. The molecule has 2 bridgehead atoms. The van der Waals surface area contributed by atoms with E-state index in [-0.39, 0.29) is 6.10 Å². The minimum Gasteiger partial charge on any atom is -0.375 e. The van der Waals surface area contributed by atoms with Crippen LogP contribution in [0.5, 0.6) is 0 Å². The fourth-order valence-electron chi connectivity index (χ4n) is 5.60. The van der Waals surface area contributed by atoms with Crippen molar-refractivity contribution in [2.75, 3.05) is 57.0 Å². The van der Waals surface area contributed by atoms with Crippen LogP contribution in [0, 0.1) is 6.92 Å². The molecule has 0 saturated carbocycles. The first kappa shape index (κ1) is 26.7. The lowest BCUT2D eigenvalue weighted by Crippen LogP contribution is -2.43. The number of benzene rings is 1. The second kappa shape index (κ2) is 11.2. The summed E-state index contributed by atoms with van der Waals surface area (Å²) in [4.78, 5) is 14.5. The lowest BCUT2D eigenvalue weighted by Gasteiger charge is -2.32. The predicted octanol–water partition coefficient (Wildman–Crippen LogP) is 2.82. The normalized spacial score (nSPS) is 21.1. The van der Waals surface area contributed by atoms with Crippen LogP contribution < -0.4 is 10.6 Å². The van der Waals surface area contributed by atoms with Gasteiger partial charge in [-0.25, -0.2) is 4.98 Å². The van der Waals surface area contributed by atoms with E-state index in [9.17, 15) is 5.11 Å². The average Bonchev–Trinajstić information content (AvgIpc) is 3.46. The molecule has 0 aliphatic carbocycles. The first-order valence-corrected chi connectivity index (χ1v) is 14.0. The van der Waals surface area contributed by atoms with E-state index in [2.05, 4.69) is 62.3 Å². The van der Waals surface area contributed by atoms with Gasteiger partial charge in [0, 0.05) is 57.6 Å². The molecule has 5 heterocycles. The first-order valence-electron chi connectivity index (χ1n) is 14.0. The van der Waals surface area contributed by atoms with Gasteiger partial charge in [-0.2, -0.15) is 5.10 Å². The predicted molar refractivity (Wildman–Crippen MR) is 156 cm³/mol. The summed E-state index contributed by atoms with van der Waals surface area (Å²) in [6.07, 6.45) is 0.753. The summed E-state index contributed by atoms with van der Waals surface area (Å²) in [6, 6.07) is 10.3. The number of aliphatic hydroxyl groups excluding tert-OH is 1. The summed E-state index contributed by atoms with van der Waals surface area (Å²) in [5.74, 6) is 1.48. The number of nitrogens with one attached hydrogen (secondary N) is 2. The number of nitrogens with zero attached hydrogens (tertiary/aromatic N) is 7. The van der Waals surface area contributed by atoms with Crippen LogP contribution in [-0.4, -0.2) is 91.7 Å². The van der Waals surface area contributed by atoms with Gasteiger partial charge in [-0.15, -0.1) is 0 Å². The Hall–Kier alpha value is -3.51. The smallest absolute Gasteiger partial charge is 0.206 e. The van der Waals surface area contributed by atoms with Crippen molar-refractivity contribution in [3.05, 3.63) is 53.3 Å². The van der Waals surface area contributed by atoms with Crippen LogP contribution in [0.25, 0.3) is 22.3 Å². The Morgan fingerprint density at radius 2 is 1.90 bits per heavy atom. The molecule has 1 aromatic carbocycles. The van der Waals surface area contributed by atoms with Crippen LogP contribution in [0.4, 0.5) is 11.8 Å². The number of pyridine rings is 1. The number of fused-ring (bicyclic) bond motifs is 7. The quantitative estimate of drug-likeness (QED) is 0.350. The summed E-state index contributed by atoms with van der Waals surface area (Å²) in [5.41, 5.74) is 6.33. The number of aromatic nitrogens is 5. The van der Waals surface area contributed by atoms with Gasteiger partial charge in [-0.1, -0.05) is 6.07 Å². The van der Waals surface area contributed by atoms with Crippen LogP contribution in [0.15, 0.2) is 36.5 Å². The second-order valence-electron chi connectivity index (χ2n) is 11.1. The lowest BCUT2D eigenvalue weighted by atomic mass is 10.1. The van der Waals surface area contributed by atoms with Gasteiger partial charge in [0.25, 0.3) is 0 Å². The van der Waals surface area contributed by atoms with Crippen molar-refractivity contribution in [1.82, 2.24) is 34.1 Å². The molecule has 1 saturated heterocycles. The van der Waals surface area contributed by atoms with Gasteiger partial charge in [0.15, 0.2) is 6.23 Å². The Morgan fingerprint density at radius 1 is 1.07 bits per heavy atom. The minimum atomic E-state index is -0.977. The Kier molecular flexibility index (Phi) is 7.45. The van der Waals surface area contributed by atoms with Crippen molar-refractivity contribution < 1.29 is 9.84 Å². The zero-order valence-corrected chi connectivity index (χ0v) is 23.8. The molecule has 4 aromatic rings. The van der Waals surface area contributed by atoms with Crippen LogP contribution >= 0.6 is 0 Å². The van der Waals surface area contributed by atoms with Crippen molar-refractivity contribution in [1.29, 1.82) is 0 Å². The third-order valence-electron chi connectivity index (χ3n) is 7.82. The van der Waals surface area contributed by atoms with Crippen LogP contribution in [0.1, 0.15) is 30.0 Å². The molecular weight excluding hydrogens is 506 g/mol. The molecule has 212 valence electrons. The zero-order chi connectivity index (χ0) is 27.8. The molecule has 2 atom stereocenters. The highest BCUT2D eigenvalue weighted by Gasteiger charge is 2.21. The monoisotopic (exact) mass is 545 g/mol. The maximum atomic E-state index is 11.4. The molecule has 11 nitrogen and oxygen atoms in total. The van der Waals surface area contributed by atoms with Gasteiger partial charge in [-0.05, 0) is 50.7 Å². The number of anilines is 2. The third-order valence-corrected chi connectivity index (χ3v) is 7.82. The van der Waals surface area contributed by atoms with Crippen molar-refractivity contribution in [3.8, 4) is 11.3 Å². The Bertz CT molecular complexity index is 1490. The maximum Gasteiger partial charge on any atom is 0.206 e. The Labute approximate surface area is 234 Å². The van der Waals surface area contributed by atoms with E-state index in [0.717, 1.165) is 66.5 Å². The van der Waals surface area contributed by atoms with Gasteiger partial charge in [-0.3, -0.25) is 14.6 Å². The SMILES string of the molecule is Cc1cc2cc(n1)-c1cnn(C)c1NCCOC(C)Cn1c(nc3ccc(CN4CCN(C)CC4)cc31)NC2O. The van der Waals surface area contributed by atoms with Crippen molar-refractivity contribution in [2.45, 2.75) is 39.3 Å². The molecule has 2 unspecified atom stereocenters. The van der Waals surface area contributed by atoms with E-state index >= 15 is 0 Å². The fraction of sp³-hybridized carbons (Fsp3) is 0.483. The second-order valence-corrected chi connectivity index (χ2v) is 11.1. The van der Waals surface area contributed by atoms with E-state index in [1.54, 1.807) is 10.9 Å². The summed E-state index contributed by atoms with van der Waals surface area (Å²) >= 11 is 0. The Morgan fingerprint density at radius 3 is 2.73 bits per heavy atom. The topological polar surface area (TPSA) is 109 Å². The third kappa shape index (κ3) is 5.55. The summed E-state index contributed by atoms with van der Waals surface area (Å²) in [5, 5.41) is 22.6. The minimum absolute atomic E-state index is 0.0701. The number of imidazole rings is 1. The molecule has 0 radical (unpaired) electrons. The molecule has 40 heavy (non-hydrogen) atoms. The Balaban J connectivity index is 1.36. The molecule has 3 aromatic heterocycles. The fourth-order valence-corrected chi connectivity index (χ4v) is 5.60. The largest absolute Gasteiger partial charge is 0.375 e. The molecule has 11 heteroatoms. The average molecular weight is 546 g/mol. The summed E-state index contributed by atoms with van der Waals surface area (Å²) in [7, 11) is 4.08. The number of ether oxygens (including phenoxy) is 1. The van der Waals surface area contributed by atoms with Crippen LogP contribution in [0.3, 0.4) is 0 Å². The van der Waals surface area contributed by atoms with Gasteiger partial charge in [0.2, 0.25) is 5.95 Å². The highest BCUT2D eigenvalue weighted by atomic mass is 16.5. The number of likely N-dealkylation sites (N-methyl/N-ethyl adjacent to an activating group) is 1. The van der Waals surface area contributed by atoms with E-state index in [1.165, 1.54) is 5.56 Å². The standard InChI is InChI=1S/C29H39N9O2/c1-19-13-22-15-25(32-19)23-16-31-36(4)27(23)30-7-12-40-20(2)17-38-26-14-21(18-37-10-8-35(3)9-11-37)5-6-24(26)33-29(38)34-28(22)39/h5-6,13-16,20,28,30,39H,7-12,17-18H2,1-4H3,(H,33,34). The maximum absolute atomic E-state index is 11.4. The molecular formula is C29H39N9O2. The number of rotatable bonds is 2. The summed E-state index contributed by atoms with van der Waals surface area (Å²) in [6.45, 7) is 11.0. The van der Waals surface area contributed by atoms with Gasteiger partial charge < -0.3 is 29.9 Å². The van der Waals surface area contributed by atoms with Gasteiger partial charge >= 0.3 is 0 Å². The van der Waals surface area contributed by atoms with E-state index < -0.39 is 6.23 Å². The number of aryl methyl sites for hydroxylation is 2. The molecule has 0 spiro atoms. The first-order chi connectivity index (χ1) is 19.3. The molecule has 2 aliphatic heterocycles. The van der Waals surface area contributed by atoms with Gasteiger partial charge in [0.1, 0.15) is 5.82 Å². The van der Waals surface area contributed by atoms with Crippen molar-refractivity contribution in [3.63, 3.8) is 0 Å². The molecule has 1 fully saturated rings. The highest BCUT2D eigenvalue weighted by Crippen LogP contribution is 2.30. The molecule has 2 aliphatic rings.